The van der Waals surface area contributed by atoms with Crippen LogP contribution in [-0.2, 0) is 0 Å². The van der Waals surface area contributed by atoms with Crippen molar-refractivity contribution in [3.8, 4) is 22.3 Å². The van der Waals surface area contributed by atoms with Crippen LogP contribution in [0.4, 0.5) is 5.82 Å². The van der Waals surface area contributed by atoms with Crippen molar-refractivity contribution in [3.05, 3.63) is 61.6 Å². The molecule has 1 N–H and O–H groups in total. The minimum atomic E-state index is 0.689. The fourth-order valence-corrected chi connectivity index (χ4v) is 4.13. The van der Waals surface area contributed by atoms with Crippen LogP contribution < -0.4 is 4.90 Å². The Labute approximate surface area is 179 Å². The summed E-state index contributed by atoms with van der Waals surface area (Å²) in [5.74, 6) is 1.72. The number of nitrogens with one attached hydrogen (secondary N) is 1. The van der Waals surface area contributed by atoms with E-state index in [1.54, 1.807) is 6.20 Å². The molecule has 0 saturated carbocycles. The molecule has 0 amide bonds. The van der Waals surface area contributed by atoms with Crippen LogP contribution >= 0.6 is 0 Å². The van der Waals surface area contributed by atoms with Crippen LogP contribution in [-0.4, -0.2) is 67.4 Å². The molecule has 8 nitrogen and oxygen atoms in total. The lowest BCUT2D eigenvalue weighted by molar-refractivity contribution is 0.312. The van der Waals surface area contributed by atoms with E-state index in [4.69, 9.17) is 4.98 Å². The summed E-state index contributed by atoms with van der Waals surface area (Å²) in [5, 5.41) is 1.06. The Morgan fingerprint density at radius 2 is 1.71 bits per heavy atom. The molecule has 0 radical (unpaired) electrons. The predicted molar refractivity (Wildman–Crippen MR) is 121 cm³/mol. The summed E-state index contributed by atoms with van der Waals surface area (Å²) in [7, 11) is 2.16. The highest BCUT2D eigenvalue weighted by atomic mass is 15.3. The van der Waals surface area contributed by atoms with Crippen LogP contribution in [0, 0.1) is 0 Å². The lowest BCUT2D eigenvalue weighted by Gasteiger charge is -2.33. The van der Waals surface area contributed by atoms with Crippen molar-refractivity contribution in [3.63, 3.8) is 0 Å². The van der Waals surface area contributed by atoms with Gasteiger partial charge in [0.2, 0.25) is 5.78 Å². The fourth-order valence-electron chi connectivity index (χ4n) is 4.13. The van der Waals surface area contributed by atoms with E-state index >= 15 is 0 Å². The van der Waals surface area contributed by atoms with Crippen molar-refractivity contribution in [2.45, 2.75) is 0 Å². The highest BCUT2D eigenvalue weighted by Gasteiger charge is 2.15. The molecular formula is C23H22N8. The average Bonchev–Trinajstić information content (AvgIpc) is 3.45. The number of rotatable bonds is 3. The Morgan fingerprint density at radius 3 is 2.55 bits per heavy atom. The SMILES string of the molecule is CN1CCN(c2ccc(-c3cnc4[nH]cc(-c5cnc6nccn6c5)c4c3)cn2)CC1. The zero-order valence-corrected chi connectivity index (χ0v) is 17.2. The van der Waals surface area contributed by atoms with Gasteiger partial charge >= 0.3 is 0 Å². The zero-order chi connectivity index (χ0) is 20.8. The Morgan fingerprint density at radius 1 is 0.871 bits per heavy atom. The van der Waals surface area contributed by atoms with Gasteiger partial charge in [-0.1, -0.05) is 0 Å². The third-order valence-corrected chi connectivity index (χ3v) is 6.00. The molecule has 0 atom stereocenters. The molecule has 31 heavy (non-hydrogen) atoms. The largest absolute Gasteiger partial charge is 0.354 e. The van der Waals surface area contributed by atoms with Gasteiger partial charge in [0.25, 0.3) is 0 Å². The molecule has 1 aliphatic rings. The van der Waals surface area contributed by atoms with Crippen LogP contribution in [0.5, 0.6) is 0 Å². The van der Waals surface area contributed by atoms with Gasteiger partial charge in [-0.05, 0) is 25.2 Å². The molecule has 1 fully saturated rings. The second-order valence-electron chi connectivity index (χ2n) is 8.00. The van der Waals surface area contributed by atoms with E-state index in [1.165, 1.54) is 0 Å². The van der Waals surface area contributed by atoms with Gasteiger partial charge < -0.3 is 14.8 Å². The van der Waals surface area contributed by atoms with Crippen LogP contribution in [0.15, 0.2) is 61.6 Å². The third-order valence-electron chi connectivity index (χ3n) is 6.00. The number of H-pyrrole nitrogens is 1. The molecule has 5 aromatic rings. The fraction of sp³-hybridized carbons (Fsp3) is 0.217. The molecule has 6 rings (SSSR count). The first-order valence-corrected chi connectivity index (χ1v) is 10.4. The number of aromatic amines is 1. The summed E-state index contributed by atoms with van der Waals surface area (Å²) in [4.78, 5) is 26.0. The van der Waals surface area contributed by atoms with Crippen molar-refractivity contribution in [1.29, 1.82) is 0 Å². The summed E-state index contributed by atoms with van der Waals surface area (Å²) in [6, 6.07) is 6.41. The number of nitrogens with zero attached hydrogens (tertiary/aromatic N) is 7. The normalized spacial score (nSPS) is 15.2. The Hall–Kier alpha value is -3.78. The maximum absolute atomic E-state index is 4.73. The summed E-state index contributed by atoms with van der Waals surface area (Å²) >= 11 is 0. The molecule has 0 aliphatic carbocycles. The quantitative estimate of drug-likeness (QED) is 0.493. The Balaban J connectivity index is 1.34. The number of hydrogen-bond acceptors (Lipinski definition) is 6. The van der Waals surface area contributed by atoms with Gasteiger partial charge in [0, 0.05) is 97.2 Å². The number of anilines is 1. The van der Waals surface area contributed by atoms with Crippen molar-refractivity contribution in [2.24, 2.45) is 0 Å². The first-order valence-electron chi connectivity index (χ1n) is 10.4. The maximum Gasteiger partial charge on any atom is 0.233 e. The van der Waals surface area contributed by atoms with Gasteiger partial charge in [-0.3, -0.25) is 4.40 Å². The molecule has 1 aliphatic heterocycles. The number of hydrogen-bond donors (Lipinski definition) is 1. The second kappa shape index (κ2) is 7.17. The highest BCUT2D eigenvalue weighted by Crippen LogP contribution is 2.31. The molecule has 0 aromatic carbocycles. The topological polar surface area (TPSA) is 78.2 Å². The van der Waals surface area contributed by atoms with Crippen LogP contribution in [0.2, 0.25) is 0 Å². The maximum atomic E-state index is 4.73. The summed E-state index contributed by atoms with van der Waals surface area (Å²) in [6.45, 7) is 4.16. The molecule has 5 aromatic heterocycles. The van der Waals surface area contributed by atoms with E-state index in [1.807, 2.05) is 41.6 Å². The molecule has 8 heteroatoms. The van der Waals surface area contributed by atoms with Crippen molar-refractivity contribution in [2.75, 3.05) is 38.1 Å². The van der Waals surface area contributed by atoms with E-state index in [2.05, 4.69) is 55.0 Å². The second-order valence-corrected chi connectivity index (χ2v) is 8.00. The average molecular weight is 410 g/mol. The van der Waals surface area contributed by atoms with Gasteiger partial charge in [-0.25, -0.2) is 19.9 Å². The molecular weight excluding hydrogens is 388 g/mol. The minimum absolute atomic E-state index is 0.689. The summed E-state index contributed by atoms with van der Waals surface area (Å²) in [6.07, 6.45) is 13.4. The van der Waals surface area contributed by atoms with Crippen molar-refractivity contribution < 1.29 is 0 Å². The van der Waals surface area contributed by atoms with Gasteiger partial charge in [0.05, 0.1) is 0 Å². The van der Waals surface area contributed by atoms with Gasteiger partial charge in [-0.15, -0.1) is 0 Å². The lowest BCUT2D eigenvalue weighted by atomic mass is 10.0. The number of aromatic nitrogens is 6. The van der Waals surface area contributed by atoms with E-state index in [9.17, 15) is 0 Å². The van der Waals surface area contributed by atoms with E-state index in [0.717, 1.165) is 65.3 Å². The van der Waals surface area contributed by atoms with Gasteiger partial charge in [0.1, 0.15) is 11.5 Å². The van der Waals surface area contributed by atoms with Crippen molar-refractivity contribution in [1.82, 2.24) is 34.2 Å². The molecule has 0 bridgehead atoms. The Kier molecular flexibility index (Phi) is 4.17. The molecule has 1 saturated heterocycles. The predicted octanol–water partition coefficient (Wildman–Crippen LogP) is 3.09. The number of piperazine rings is 1. The monoisotopic (exact) mass is 410 g/mol. The zero-order valence-electron chi connectivity index (χ0n) is 17.2. The number of imidazole rings is 1. The van der Waals surface area contributed by atoms with Gasteiger partial charge in [-0.2, -0.15) is 0 Å². The summed E-state index contributed by atoms with van der Waals surface area (Å²) in [5.41, 5.74) is 5.03. The van der Waals surface area contributed by atoms with Crippen molar-refractivity contribution >= 4 is 22.6 Å². The van der Waals surface area contributed by atoms with Gasteiger partial charge in [0.15, 0.2) is 0 Å². The molecule has 0 spiro atoms. The van der Waals surface area contributed by atoms with Crippen LogP contribution in [0.25, 0.3) is 39.1 Å². The van der Waals surface area contributed by atoms with Crippen LogP contribution in [0.1, 0.15) is 0 Å². The first-order chi connectivity index (χ1) is 15.2. The molecule has 6 heterocycles. The lowest BCUT2D eigenvalue weighted by Crippen LogP contribution is -2.44. The van der Waals surface area contributed by atoms with E-state index in [-0.39, 0.29) is 0 Å². The van der Waals surface area contributed by atoms with Crippen LogP contribution in [0.3, 0.4) is 0 Å². The third kappa shape index (κ3) is 3.21. The number of fused-ring (bicyclic) bond motifs is 2. The molecule has 0 unspecified atom stereocenters. The Bertz CT molecular complexity index is 1360. The molecule has 154 valence electrons. The minimum Gasteiger partial charge on any atom is -0.354 e. The number of pyridine rings is 2. The number of likely N-dealkylation sites (N-methyl/N-ethyl adjacent to an activating group) is 1. The first kappa shape index (κ1) is 18.0. The van der Waals surface area contributed by atoms with E-state index < -0.39 is 0 Å². The standard InChI is InChI=1S/C23H22N8/c1-29-6-8-30(9-7-29)21-3-2-16(11-25-21)17-10-19-20(14-27-22(19)26-12-17)18-13-28-23-24-4-5-31(23)15-18/h2-5,10-15H,6-9H2,1H3,(H,26,27). The highest BCUT2D eigenvalue weighted by molar-refractivity contribution is 5.95. The van der Waals surface area contributed by atoms with E-state index in [0.29, 0.717) is 5.78 Å². The summed E-state index contributed by atoms with van der Waals surface area (Å²) < 4.78 is 1.92. The smallest absolute Gasteiger partial charge is 0.233 e.